The van der Waals surface area contributed by atoms with Crippen LogP contribution in [0.1, 0.15) is 18.9 Å². The first-order valence-corrected chi connectivity index (χ1v) is 7.70. The van der Waals surface area contributed by atoms with Crippen molar-refractivity contribution in [3.63, 3.8) is 0 Å². The van der Waals surface area contributed by atoms with E-state index in [2.05, 4.69) is 17.4 Å². The lowest BCUT2D eigenvalue weighted by Gasteiger charge is -2.14. The number of hydrogen-bond acceptors (Lipinski definition) is 3. The summed E-state index contributed by atoms with van der Waals surface area (Å²) in [7, 11) is 3.17. The minimum Gasteiger partial charge on any atom is -0.497 e. The summed E-state index contributed by atoms with van der Waals surface area (Å²) in [6, 6.07) is 15.5. The largest absolute Gasteiger partial charge is 0.497 e. The van der Waals surface area contributed by atoms with Gasteiger partial charge in [-0.05, 0) is 18.4 Å². The van der Waals surface area contributed by atoms with Gasteiger partial charge in [0.2, 0.25) is 5.91 Å². The molecular formula is C19H23NO3. The summed E-state index contributed by atoms with van der Waals surface area (Å²) in [6.07, 6.45) is 1.69. The highest BCUT2D eigenvalue weighted by molar-refractivity contribution is 5.92. The van der Waals surface area contributed by atoms with Crippen molar-refractivity contribution in [2.45, 2.75) is 19.8 Å². The number of rotatable bonds is 7. The number of nitrogens with one attached hydrogen (secondary N) is 1. The normalized spacial score (nSPS) is 11.6. The molecule has 2 aromatic rings. The fraction of sp³-hybridized carbons (Fsp3) is 0.316. The Morgan fingerprint density at radius 3 is 2.22 bits per heavy atom. The van der Waals surface area contributed by atoms with E-state index in [0.717, 1.165) is 12.8 Å². The molecule has 1 amide bonds. The number of amides is 1. The first-order valence-electron chi connectivity index (χ1n) is 7.70. The number of ether oxygens (including phenoxy) is 2. The van der Waals surface area contributed by atoms with Crippen molar-refractivity contribution in [1.82, 2.24) is 0 Å². The Balaban J connectivity index is 1.95. The summed E-state index contributed by atoms with van der Waals surface area (Å²) in [5.41, 5.74) is 1.92. The highest BCUT2D eigenvalue weighted by atomic mass is 16.5. The fourth-order valence-corrected chi connectivity index (χ4v) is 2.30. The van der Waals surface area contributed by atoms with Crippen LogP contribution in [0.2, 0.25) is 0 Å². The van der Waals surface area contributed by atoms with E-state index < -0.39 is 0 Å². The van der Waals surface area contributed by atoms with Crippen molar-refractivity contribution < 1.29 is 14.3 Å². The summed E-state index contributed by atoms with van der Waals surface area (Å²) in [6.45, 7) is 1.94. The van der Waals surface area contributed by atoms with E-state index >= 15 is 0 Å². The standard InChI is InChI=1S/C19H23NO3/c1-14(9-10-15-7-5-4-6-8-15)19(21)20-16-11-17(22-2)13-18(12-16)23-3/h4-8,11-14H,9-10H2,1-3H3,(H,20,21). The van der Waals surface area contributed by atoms with Crippen molar-refractivity contribution in [3.05, 3.63) is 54.1 Å². The molecule has 0 aliphatic rings. The Labute approximate surface area is 137 Å². The summed E-state index contributed by atoms with van der Waals surface area (Å²) in [4.78, 5) is 12.3. The van der Waals surface area contributed by atoms with Crippen LogP contribution in [0, 0.1) is 5.92 Å². The van der Waals surface area contributed by atoms with Crippen LogP contribution in [0.15, 0.2) is 48.5 Å². The molecule has 0 heterocycles. The van der Waals surface area contributed by atoms with Crippen molar-refractivity contribution in [1.29, 1.82) is 0 Å². The van der Waals surface area contributed by atoms with Gasteiger partial charge in [-0.15, -0.1) is 0 Å². The highest BCUT2D eigenvalue weighted by Crippen LogP contribution is 2.26. The van der Waals surface area contributed by atoms with Gasteiger partial charge in [0.15, 0.2) is 0 Å². The summed E-state index contributed by atoms with van der Waals surface area (Å²) >= 11 is 0. The van der Waals surface area contributed by atoms with Gasteiger partial charge in [-0.2, -0.15) is 0 Å². The number of methoxy groups -OCH3 is 2. The molecule has 4 heteroatoms. The molecule has 0 aliphatic heterocycles. The number of carbonyl (C=O) groups is 1. The van der Waals surface area contributed by atoms with Crippen molar-refractivity contribution in [2.24, 2.45) is 5.92 Å². The average molecular weight is 313 g/mol. The molecule has 0 fully saturated rings. The first kappa shape index (κ1) is 16.9. The molecule has 1 unspecified atom stereocenters. The van der Waals surface area contributed by atoms with Crippen LogP contribution in [-0.2, 0) is 11.2 Å². The van der Waals surface area contributed by atoms with Gasteiger partial charge in [-0.3, -0.25) is 4.79 Å². The Morgan fingerprint density at radius 2 is 1.65 bits per heavy atom. The van der Waals surface area contributed by atoms with Crippen LogP contribution in [-0.4, -0.2) is 20.1 Å². The Kier molecular flexibility index (Phi) is 6.03. The summed E-state index contributed by atoms with van der Waals surface area (Å²) in [5.74, 6) is 1.22. The Hall–Kier alpha value is -2.49. The molecule has 0 spiro atoms. The smallest absolute Gasteiger partial charge is 0.227 e. The maximum Gasteiger partial charge on any atom is 0.227 e. The highest BCUT2D eigenvalue weighted by Gasteiger charge is 2.14. The van der Waals surface area contributed by atoms with E-state index in [4.69, 9.17) is 9.47 Å². The zero-order valence-electron chi connectivity index (χ0n) is 13.8. The van der Waals surface area contributed by atoms with Crippen molar-refractivity contribution >= 4 is 11.6 Å². The van der Waals surface area contributed by atoms with E-state index in [1.165, 1.54) is 5.56 Å². The van der Waals surface area contributed by atoms with Gasteiger partial charge in [0, 0.05) is 29.8 Å². The molecule has 1 N–H and O–H groups in total. The second kappa shape index (κ2) is 8.22. The van der Waals surface area contributed by atoms with Gasteiger partial charge in [0.05, 0.1) is 14.2 Å². The van der Waals surface area contributed by atoms with Gasteiger partial charge >= 0.3 is 0 Å². The number of benzene rings is 2. The molecule has 0 radical (unpaired) electrons. The molecule has 2 rings (SSSR count). The maximum atomic E-state index is 12.3. The summed E-state index contributed by atoms with van der Waals surface area (Å²) in [5, 5.41) is 2.93. The van der Waals surface area contributed by atoms with Crippen molar-refractivity contribution in [2.75, 3.05) is 19.5 Å². The molecule has 23 heavy (non-hydrogen) atoms. The Morgan fingerprint density at radius 1 is 1.04 bits per heavy atom. The summed E-state index contributed by atoms with van der Waals surface area (Å²) < 4.78 is 10.4. The van der Waals surface area contributed by atoms with Gasteiger partial charge in [-0.25, -0.2) is 0 Å². The predicted molar refractivity (Wildman–Crippen MR) is 92.1 cm³/mol. The quantitative estimate of drug-likeness (QED) is 0.843. The van der Waals surface area contributed by atoms with Crippen LogP contribution in [0.5, 0.6) is 11.5 Å². The minimum atomic E-state index is -0.0765. The zero-order chi connectivity index (χ0) is 16.7. The van der Waals surface area contributed by atoms with Gasteiger partial charge < -0.3 is 14.8 Å². The lowest BCUT2D eigenvalue weighted by molar-refractivity contribution is -0.119. The molecule has 4 nitrogen and oxygen atoms in total. The van der Waals surface area contributed by atoms with Crippen LogP contribution >= 0.6 is 0 Å². The third kappa shape index (κ3) is 5.02. The van der Waals surface area contributed by atoms with Crippen LogP contribution in [0.3, 0.4) is 0 Å². The SMILES string of the molecule is COc1cc(NC(=O)C(C)CCc2ccccc2)cc(OC)c1. The van der Waals surface area contributed by atoms with E-state index in [1.807, 2.05) is 25.1 Å². The third-order valence-corrected chi connectivity index (χ3v) is 3.78. The average Bonchev–Trinajstić information content (AvgIpc) is 2.60. The molecule has 0 bridgehead atoms. The second-order valence-corrected chi connectivity index (χ2v) is 5.52. The zero-order valence-corrected chi connectivity index (χ0v) is 13.8. The molecule has 122 valence electrons. The molecule has 0 saturated carbocycles. The third-order valence-electron chi connectivity index (χ3n) is 3.78. The molecular weight excluding hydrogens is 290 g/mol. The van der Waals surface area contributed by atoms with Gasteiger partial charge in [0.25, 0.3) is 0 Å². The fourth-order valence-electron chi connectivity index (χ4n) is 2.30. The molecule has 0 aliphatic carbocycles. The van der Waals surface area contributed by atoms with E-state index in [-0.39, 0.29) is 11.8 Å². The van der Waals surface area contributed by atoms with Gasteiger partial charge in [-0.1, -0.05) is 37.3 Å². The number of carbonyl (C=O) groups excluding carboxylic acids is 1. The van der Waals surface area contributed by atoms with Crippen LogP contribution < -0.4 is 14.8 Å². The van der Waals surface area contributed by atoms with Gasteiger partial charge in [0.1, 0.15) is 11.5 Å². The Bertz CT molecular complexity index is 618. The van der Waals surface area contributed by atoms with Crippen LogP contribution in [0.4, 0.5) is 5.69 Å². The monoisotopic (exact) mass is 313 g/mol. The predicted octanol–water partition coefficient (Wildman–Crippen LogP) is 3.91. The van der Waals surface area contributed by atoms with E-state index in [0.29, 0.717) is 17.2 Å². The van der Waals surface area contributed by atoms with Crippen LogP contribution in [0.25, 0.3) is 0 Å². The molecule has 1 atom stereocenters. The first-order chi connectivity index (χ1) is 11.1. The van der Waals surface area contributed by atoms with E-state index in [1.54, 1.807) is 32.4 Å². The topological polar surface area (TPSA) is 47.6 Å². The maximum absolute atomic E-state index is 12.3. The molecule has 0 saturated heterocycles. The van der Waals surface area contributed by atoms with E-state index in [9.17, 15) is 4.79 Å². The molecule has 0 aromatic heterocycles. The minimum absolute atomic E-state index is 0.00348. The second-order valence-electron chi connectivity index (χ2n) is 5.52. The number of aryl methyl sites for hydroxylation is 1. The lowest BCUT2D eigenvalue weighted by atomic mass is 10.0. The number of anilines is 1. The van der Waals surface area contributed by atoms with Crippen molar-refractivity contribution in [3.8, 4) is 11.5 Å². The molecule has 2 aromatic carbocycles. The number of hydrogen-bond donors (Lipinski definition) is 1. The lowest BCUT2D eigenvalue weighted by Crippen LogP contribution is -2.21.